The first-order valence-corrected chi connectivity index (χ1v) is 5.61. The maximum absolute atomic E-state index is 11.2. The molecule has 2 bridgehead atoms. The summed E-state index contributed by atoms with van der Waals surface area (Å²) in [5.41, 5.74) is 0.469. The Bertz CT molecular complexity index is 264. The zero-order valence-corrected chi connectivity index (χ0v) is 9.20. The molecule has 0 aromatic rings. The van der Waals surface area contributed by atoms with Gasteiger partial charge in [0.25, 0.3) is 0 Å². The fourth-order valence-electron chi connectivity index (χ4n) is 2.45. The van der Waals surface area contributed by atoms with E-state index in [0.717, 1.165) is 19.4 Å². The molecule has 2 aliphatic heterocycles. The highest BCUT2D eigenvalue weighted by Crippen LogP contribution is 2.37. The SMILES string of the molecule is C=C(C)C(=O)OCC1CC2CCC1OC2. The van der Waals surface area contributed by atoms with Crippen molar-refractivity contribution in [2.45, 2.75) is 32.3 Å². The largest absolute Gasteiger partial charge is 0.462 e. The third kappa shape index (κ3) is 2.40. The van der Waals surface area contributed by atoms with Crippen LogP contribution in [0.15, 0.2) is 12.2 Å². The summed E-state index contributed by atoms with van der Waals surface area (Å²) in [7, 11) is 0. The van der Waals surface area contributed by atoms with E-state index in [4.69, 9.17) is 9.47 Å². The monoisotopic (exact) mass is 210 g/mol. The minimum Gasteiger partial charge on any atom is -0.462 e. The Kier molecular flexibility index (Phi) is 3.10. The molecule has 0 spiro atoms. The van der Waals surface area contributed by atoms with Crippen LogP contribution in [0.3, 0.4) is 0 Å². The molecule has 0 amide bonds. The van der Waals surface area contributed by atoms with Crippen molar-refractivity contribution in [3.8, 4) is 0 Å². The number of carbonyl (C=O) groups is 1. The number of fused-ring (bicyclic) bond motifs is 3. The Hall–Kier alpha value is -0.830. The Morgan fingerprint density at radius 1 is 1.53 bits per heavy atom. The molecule has 15 heavy (non-hydrogen) atoms. The molecule has 3 nitrogen and oxygen atoms in total. The van der Waals surface area contributed by atoms with Crippen LogP contribution in [0.4, 0.5) is 0 Å². The second kappa shape index (κ2) is 4.35. The smallest absolute Gasteiger partial charge is 0.333 e. The topological polar surface area (TPSA) is 35.5 Å². The van der Waals surface area contributed by atoms with Gasteiger partial charge in [0, 0.05) is 18.1 Å². The van der Waals surface area contributed by atoms with E-state index in [1.807, 2.05) is 0 Å². The third-order valence-corrected chi connectivity index (χ3v) is 3.34. The second-order valence-electron chi connectivity index (χ2n) is 4.69. The first-order valence-electron chi connectivity index (χ1n) is 5.61. The van der Waals surface area contributed by atoms with Crippen LogP contribution in [0.2, 0.25) is 0 Å². The molecule has 3 rings (SSSR count). The molecule has 84 valence electrons. The number of carbonyl (C=O) groups excluding carboxylic acids is 1. The van der Waals surface area contributed by atoms with Crippen molar-refractivity contribution >= 4 is 5.97 Å². The summed E-state index contributed by atoms with van der Waals surface area (Å²) in [6.45, 7) is 6.62. The summed E-state index contributed by atoms with van der Waals surface area (Å²) >= 11 is 0. The van der Waals surface area contributed by atoms with Gasteiger partial charge in [-0.2, -0.15) is 0 Å². The van der Waals surface area contributed by atoms with Crippen LogP contribution in [0.25, 0.3) is 0 Å². The average molecular weight is 210 g/mol. The lowest BCUT2D eigenvalue weighted by Gasteiger charge is -2.41. The van der Waals surface area contributed by atoms with Crippen LogP contribution in [-0.2, 0) is 14.3 Å². The van der Waals surface area contributed by atoms with Crippen molar-refractivity contribution in [1.82, 2.24) is 0 Å². The summed E-state index contributed by atoms with van der Waals surface area (Å²) in [5, 5.41) is 0. The molecule has 0 aromatic carbocycles. The fraction of sp³-hybridized carbons (Fsp3) is 0.750. The number of hydrogen-bond acceptors (Lipinski definition) is 3. The molecule has 3 heteroatoms. The number of rotatable bonds is 3. The molecular formula is C12H18O3. The molecule has 0 radical (unpaired) electrons. The van der Waals surface area contributed by atoms with Crippen LogP contribution < -0.4 is 0 Å². The van der Waals surface area contributed by atoms with Gasteiger partial charge in [-0.05, 0) is 32.1 Å². The van der Waals surface area contributed by atoms with Crippen molar-refractivity contribution < 1.29 is 14.3 Å². The molecule has 2 saturated heterocycles. The van der Waals surface area contributed by atoms with E-state index >= 15 is 0 Å². The van der Waals surface area contributed by atoms with Gasteiger partial charge in [-0.1, -0.05) is 6.58 Å². The van der Waals surface area contributed by atoms with Crippen LogP contribution in [0.5, 0.6) is 0 Å². The molecule has 3 fully saturated rings. The lowest BCUT2D eigenvalue weighted by molar-refractivity contribution is -0.150. The van der Waals surface area contributed by atoms with E-state index in [2.05, 4.69) is 6.58 Å². The summed E-state index contributed by atoms with van der Waals surface area (Å²) in [4.78, 5) is 11.2. The highest BCUT2D eigenvalue weighted by molar-refractivity contribution is 5.86. The zero-order chi connectivity index (χ0) is 10.8. The van der Waals surface area contributed by atoms with Gasteiger partial charge in [0.05, 0.1) is 12.7 Å². The van der Waals surface area contributed by atoms with Gasteiger partial charge in [0.1, 0.15) is 0 Å². The molecule has 1 aliphatic carbocycles. The summed E-state index contributed by atoms with van der Waals surface area (Å²) in [5.74, 6) is 0.806. The lowest BCUT2D eigenvalue weighted by Crippen LogP contribution is -2.42. The van der Waals surface area contributed by atoms with Gasteiger partial charge in [0.2, 0.25) is 0 Å². The quantitative estimate of drug-likeness (QED) is 0.527. The average Bonchev–Trinajstić information content (AvgIpc) is 2.27. The third-order valence-electron chi connectivity index (χ3n) is 3.34. The van der Waals surface area contributed by atoms with Gasteiger partial charge < -0.3 is 9.47 Å². The molecule has 1 saturated carbocycles. The Balaban J connectivity index is 1.80. The Morgan fingerprint density at radius 2 is 2.33 bits per heavy atom. The Morgan fingerprint density at radius 3 is 2.80 bits per heavy atom. The standard InChI is InChI=1S/C12H18O3/c1-8(2)12(13)15-7-10-5-9-3-4-11(10)14-6-9/h9-11H,1,3-7H2,2H3. The first-order chi connectivity index (χ1) is 7.16. The van der Waals surface area contributed by atoms with Crippen molar-refractivity contribution in [3.63, 3.8) is 0 Å². The number of esters is 1. The normalized spacial score (nSPS) is 33.8. The van der Waals surface area contributed by atoms with E-state index in [1.54, 1.807) is 6.92 Å². The molecular weight excluding hydrogens is 192 g/mol. The van der Waals surface area contributed by atoms with Crippen molar-refractivity contribution in [2.24, 2.45) is 11.8 Å². The van der Waals surface area contributed by atoms with Gasteiger partial charge >= 0.3 is 5.97 Å². The van der Waals surface area contributed by atoms with E-state index in [0.29, 0.717) is 30.1 Å². The zero-order valence-electron chi connectivity index (χ0n) is 9.20. The van der Waals surface area contributed by atoms with Crippen LogP contribution >= 0.6 is 0 Å². The highest BCUT2D eigenvalue weighted by Gasteiger charge is 2.37. The fourth-order valence-corrected chi connectivity index (χ4v) is 2.45. The highest BCUT2D eigenvalue weighted by atomic mass is 16.5. The van der Waals surface area contributed by atoms with Gasteiger partial charge in [-0.15, -0.1) is 0 Å². The van der Waals surface area contributed by atoms with E-state index in [-0.39, 0.29) is 5.97 Å². The van der Waals surface area contributed by atoms with Crippen LogP contribution in [0.1, 0.15) is 26.2 Å². The van der Waals surface area contributed by atoms with Crippen LogP contribution in [0, 0.1) is 11.8 Å². The maximum Gasteiger partial charge on any atom is 0.333 e. The van der Waals surface area contributed by atoms with E-state index < -0.39 is 0 Å². The molecule has 3 unspecified atom stereocenters. The maximum atomic E-state index is 11.2. The summed E-state index contributed by atoms with van der Waals surface area (Å²) < 4.78 is 10.8. The van der Waals surface area contributed by atoms with Gasteiger partial charge in [0.15, 0.2) is 0 Å². The van der Waals surface area contributed by atoms with Crippen molar-refractivity contribution in [3.05, 3.63) is 12.2 Å². The molecule has 2 heterocycles. The lowest BCUT2D eigenvalue weighted by atomic mass is 9.77. The van der Waals surface area contributed by atoms with Crippen molar-refractivity contribution in [2.75, 3.05) is 13.2 Å². The summed E-state index contributed by atoms with van der Waals surface area (Å²) in [6.07, 6.45) is 3.86. The summed E-state index contributed by atoms with van der Waals surface area (Å²) in [6, 6.07) is 0. The molecule has 0 aromatic heterocycles. The number of ether oxygens (including phenoxy) is 2. The van der Waals surface area contributed by atoms with Gasteiger partial charge in [-0.3, -0.25) is 0 Å². The minimum atomic E-state index is -0.281. The minimum absolute atomic E-state index is 0.281. The molecule has 0 N–H and O–H groups in total. The molecule has 3 aliphatic rings. The predicted molar refractivity (Wildman–Crippen MR) is 56.3 cm³/mol. The molecule has 3 atom stereocenters. The number of hydrogen-bond donors (Lipinski definition) is 0. The first kappa shape index (κ1) is 10.7. The van der Waals surface area contributed by atoms with Crippen LogP contribution in [-0.4, -0.2) is 25.3 Å². The van der Waals surface area contributed by atoms with Crippen molar-refractivity contribution in [1.29, 1.82) is 0 Å². The second-order valence-corrected chi connectivity index (χ2v) is 4.69. The van der Waals surface area contributed by atoms with Gasteiger partial charge in [-0.25, -0.2) is 4.79 Å². The predicted octanol–water partition coefficient (Wildman–Crippen LogP) is 1.92. The Labute approximate surface area is 90.4 Å². The van der Waals surface area contributed by atoms with E-state index in [1.165, 1.54) is 6.42 Å². The van der Waals surface area contributed by atoms with E-state index in [9.17, 15) is 4.79 Å².